The Hall–Kier alpha value is -0.340. The zero-order chi connectivity index (χ0) is 9.40. The predicted octanol–water partition coefficient (Wildman–Crippen LogP) is 1.97. The van der Waals surface area contributed by atoms with Crippen LogP contribution in [-0.2, 0) is 4.74 Å². The maximum Gasteiger partial charge on any atom is 0.0655 e. The number of rotatable bonds is 6. The molecule has 0 fully saturated rings. The van der Waals surface area contributed by atoms with E-state index in [9.17, 15) is 0 Å². The summed E-state index contributed by atoms with van der Waals surface area (Å²) in [6.45, 7) is 10.9. The minimum absolute atomic E-state index is 0.375. The van der Waals surface area contributed by atoms with Crippen LogP contribution in [0, 0.1) is 0 Å². The summed E-state index contributed by atoms with van der Waals surface area (Å²) in [5.74, 6) is 0. The van der Waals surface area contributed by atoms with E-state index < -0.39 is 0 Å². The zero-order valence-electron chi connectivity index (χ0n) is 8.68. The number of ether oxygens (including phenoxy) is 1. The molecule has 0 aliphatic heterocycles. The van der Waals surface area contributed by atoms with Crippen molar-refractivity contribution in [3.05, 3.63) is 11.6 Å². The van der Waals surface area contributed by atoms with Gasteiger partial charge in [0.2, 0.25) is 0 Å². The lowest BCUT2D eigenvalue weighted by atomic mass is 10.2. The van der Waals surface area contributed by atoms with Crippen LogP contribution >= 0.6 is 0 Å². The van der Waals surface area contributed by atoms with Gasteiger partial charge in [-0.25, -0.2) is 0 Å². The third-order valence-electron chi connectivity index (χ3n) is 1.50. The molecule has 0 aromatic carbocycles. The number of likely N-dealkylation sites (N-methyl/N-ethyl adjacent to an activating group) is 1. The molecule has 72 valence electrons. The van der Waals surface area contributed by atoms with Crippen LogP contribution in [0.25, 0.3) is 0 Å². The van der Waals surface area contributed by atoms with Crippen LogP contribution in [0.3, 0.4) is 0 Å². The third-order valence-corrected chi connectivity index (χ3v) is 1.50. The van der Waals surface area contributed by atoms with Gasteiger partial charge in [0.25, 0.3) is 0 Å². The minimum Gasteiger partial charge on any atom is -0.380 e. The SMILES string of the molecule is CCNC(C=C(C)C)COCC. The van der Waals surface area contributed by atoms with E-state index in [1.54, 1.807) is 0 Å². The van der Waals surface area contributed by atoms with Crippen LogP contribution in [0.15, 0.2) is 11.6 Å². The Labute approximate surface area is 76.0 Å². The molecule has 0 rings (SSSR count). The summed E-state index contributed by atoms with van der Waals surface area (Å²) in [6.07, 6.45) is 2.21. The zero-order valence-corrected chi connectivity index (χ0v) is 8.68. The third kappa shape index (κ3) is 6.38. The molecule has 0 bridgehead atoms. The number of allylic oxidation sites excluding steroid dienone is 1. The van der Waals surface area contributed by atoms with Gasteiger partial charge in [-0.15, -0.1) is 0 Å². The molecule has 0 heterocycles. The largest absolute Gasteiger partial charge is 0.380 e. The van der Waals surface area contributed by atoms with Gasteiger partial charge in [-0.1, -0.05) is 18.6 Å². The van der Waals surface area contributed by atoms with Gasteiger partial charge in [-0.05, 0) is 27.3 Å². The van der Waals surface area contributed by atoms with Gasteiger partial charge >= 0.3 is 0 Å². The summed E-state index contributed by atoms with van der Waals surface area (Å²) in [6, 6.07) is 0.375. The summed E-state index contributed by atoms with van der Waals surface area (Å²) >= 11 is 0. The molecule has 0 aliphatic rings. The Bertz CT molecular complexity index is 128. The van der Waals surface area contributed by atoms with E-state index in [0.29, 0.717) is 6.04 Å². The lowest BCUT2D eigenvalue weighted by Crippen LogP contribution is -2.31. The van der Waals surface area contributed by atoms with Crippen molar-refractivity contribution in [1.82, 2.24) is 5.32 Å². The Balaban J connectivity index is 3.78. The molecule has 2 nitrogen and oxygen atoms in total. The molecule has 0 aromatic rings. The van der Waals surface area contributed by atoms with E-state index in [-0.39, 0.29) is 0 Å². The standard InChI is InChI=1S/C10H21NO/c1-5-11-10(7-9(3)4)8-12-6-2/h7,10-11H,5-6,8H2,1-4H3. The van der Waals surface area contributed by atoms with Gasteiger partial charge < -0.3 is 10.1 Å². The van der Waals surface area contributed by atoms with Gasteiger partial charge in [0.05, 0.1) is 6.61 Å². The van der Waals surface area contributed by atoms with Crippen molar-refractivity contribution in [2.24, 2.45) is 0 Å². The number of hydrogen-bond donors (Lipinski definition) is 1. The lowest BCUT2D eigenvalue weighted by molar-refractivity contribution is 0.134. The first kappa shape index (κ1) is 11.7. The number of hydrogen-bond acceptors (Lipinski definition) is 2. The highest BCUT2D eigenvalue weighted by atomic mass is 16.5. The van der Waals surface area contributed by atoms with Crippen LogP contribution in [0.1, 0.15) is 27.7 Å². The molecule has 0 aliphatic carbocycles. The normalized spacial score (nSPS) is 12.7. The van der Waals surface area contributed by atoms with Crippen molar-refractivity contribution >= 4 is 0 Å². The maximum absolute atomic E-state index is 5.34. The summed E-state index contributed by atoms with van der Waals surface area (Å²) in [7, 11) is 0. The minimum atomic E-state index is 0.375. The molecule has 12 heavy (non-hydrogen) atoms. The fourth-order valence-corrected chi connectivity index (χ4v) is 1.08. The first-order valence-electron chi connectivity index (χ1n) is 4.66. The molecular formula is C10H21NO. The van der Waals surface area contributed by atoms with Crippen LogP contribution in [0.4, 0.5) is 0 Å². The molecular weight excluding hydrogens is 150 g/mol. The van der Waals surface area contributed by atoms with Gasteiger partial charge in [-0.2, -0.15) is 0 Å². The smallest absolute Gasteiger partial charge is 0.0655 e. The second kappa shape index (κ2) is 7.32. The van der Waals surface area contributed by atoms with Crippen molar-refractivity contribution in [3.8, 4) is 0 Å². The second-order valence-electron chi connectivity index (χ2n) is 3.07. The fraction of sp³-hybridized carbons (Fsp3) is 0.800. The predicted molar refractivity (Wildman–Crippen MR) is 53.4 cm³/mol. The van der Waals surface area contributed by atoms with Gasteiger partial charge in [0.15, 0.2) is 0 Å². The van der Waals surface area contributed by atoms with Crippen molar-refractivity contribution in [3.63, 3.8) is 0 Å². The molecule has 1 N–H and O–H groups in total. The second-order valence-corrected chi connectivity index (χ2v) is 3.07. The Kier molecular flexibility index (Phi) is 7.11. The average molecular weight is 171 g/mol. The summed E-state index contributed by atoms with van der Waals surface area (Å²) in [5.41, 5.74) is 1.33. The molecule has 1 unspecified atom stereocenters. The van der Waals surface area contributed by atoms with E-state index in [1.165, 1.54) is 5.57 Å². The van der Waals surface area contributed by atoms with Crippen LogP contribution in [-0.4, -0.2) is 25.8 Å². The Morgan fingerprint density at radius 3 is 2.50 bits per heavy atom. The molecule has 2 heteroatoms. The van der Waals surface area contributed by atoms with Gasteiger partial charge in [-0.3, -0.25) is 0 Å². The molecule has 0 amide bonds. The summed E-state index contributed by atoms with van der Waals surface area (Å²) in [4.78, 5) is 0. The average Bonchev–Trinajstić information content (AvgIpc) is 2.00. The molecule has 0 aromatic heterocycles. The first-order chi connectivity index (χ1) is 5.70. The van der Waals surface area contributed by atoms with Gasteiger partial charge in [0, 0.05) is 12.6 Å². The molecule has 0 saturated heterocycles. The highest BCUT2D eigenvalue weighted by Gasteiger charge is 2.01. The van der Waals surface area contributed by atoms with Crippen LogP contribution < -0.4 is 5.32 Å². The van der Waals surface area contributed by atoms with E-state index in [2.05, 4.69) is 32.2 Å². The van der Waals surface area contributed by atoms with Crippen LogP contribution in [0.2, 0.25) is 0 Å². The monoisotopic (exact) mass is 171 g/mol. The van der Waals surface area contributed by atoms with Crippen molar-refractivity contribution < 1.29 is 4.74 Å². The van der Waals surface area contributed by atoms with Crippen molar-refractivity contribution in [2.45, 2.75) is 33.7 Å². The highest BCUT2D eigenvalue weighted by Crippen LogP contribution is 1.95. The van der Waals surface area contributed by atoms with Crippen molar-refractivity contribution in [2.75, 3.05) is 19.8 Å². The summed E-state index contributed by atoms with van der Waals surface area (Å²) in [5, 5.41) is 3.35. The topological polar surface area (TPSA) is 21.3 Å². The lowest BCUT2D eigenvalue weighted by Gasteiger charge is -2.13. The molecule has 0 saturated carbocycles. The molecule has 0 spiro atoms. The van der Waals surface area contributed by atoms with E-state index in [4.69, 9.17) is 4.74 Å². The Morgan fingerprint density at radius 1 is 1.42 bits per heavy atom. The number of nitrogens with one attached hydrogen (secondary N) is 1. The first-order valence-corrected chi connectivity index (χ1v) is 4.66. The molecule has 0 radical (unpaired) electrons. The maximum atomic E-state index is 5.34. The van der Waals surface area contributed by atoms with Crippen molar-refractivity contribution in [1.29, 1.82) is 0 Å². The Morgan fingerprint density at radius 2 is 2.08 bits per heavy atom. The highest BCUT2D eigenvalue weighted by molar-refractivity contribution is 5.00. The fourth-order valence-electron chi connectivity index (χ4n) is 1.08. The van der Waals surface area contributed by atoms with Crippen LogP contribution in [0.5, 0.6) is 0 Å². The van der Waals surface area contributed by atoms with E-state index in [0.717, 1.165) is 19.8 Å². The molecule has 1 atom stereocenters. The summed E-state index contributed by atoms with van der Waals surface area (Å²) < 4.78 is 5.34. The van der Waals surface area contributed by atoms with Gasteiger partial charge in [0.1, 0.15) is 0 Å². The quantitative estimate of drug-likeness (QED) is 0.617. The van der Waals surface area contributed by atoms with E-state index in [1.807, 2.05) is 6.92 Å². The van der Waals surface area contributed by atoms with E-state index >= 15 is 0 Å².